The van der Waals surface area contributed by atoms with E-state index in [1.54, 1.807) is 24.5 Å². The number of hydrogen-bond donors (Lipinski definition) is 1. The Morgan fingerprint density at radius 1 is 1.16 bits per heavy atom. The van der Waals surface area contributed by atoms with Crippen molar-refractivity contribution in [3.8, 4) is 0 Å². The van der Waals surface area contributed by atoms with Gasteiger partial charge in [-0.3, -0.25) is 4.79 Å². The molecule has 1 aliphatic carbocycles. The second-order valence-electron chi connectivity index (χ2n) is 6.02. The predicted molar refractivity (Wildman–Crippen MR) is 99.9 cm³/mol. The fourth-order valence-corrected chi connectivity index (χ4v) is 3.57. The van der Waals surface area contributed by atoms with Crippen LogP contribution < -0.4 is 5.56 Å². The van der Waals surface area contributed by atoms with Crippen molar-refractivity contribution in [2.75, 3.05) is 6.26 Å². The van der Waals surface area contributed by atoms with Gasteiger partial charge >= 0.3 is 0 Å². The van der Waals surface area contributed by atoms with Gasteiger partial charge in [-0.1, -0.05) is 24.6 Å². The molecule has 1 fully saturated rings. The van der Waals surface area contributed by atoms with Crippen LogP contribution in [0.25, 0.3) is 11.0 Å². The SMILES string of the molecule is CSc1nc(C2CCCC2)c2c(C)cc(=O)[nH]c2n1.c1cncnc1. The molecule has 3 aromatic rings. The number of hydrogen-bond acceptors (Lipinski definition) is 6. The summed E-state index contributed by atoms with van der Waals surface area (Å²) >= 11 is 1.52. The second kappa shape index (κ2) is 8.20. The van der Waals surface area contributed by atoms with Crippen LogP contribution >= 0.6 is 11.8 Å². The summed E-state index contributed by atoms with van der Waals surface area (Å²) in [6.45, 7) is 1.97. The molecule has 0 radical (unpaired) electrons. The lowest BCUT2D eigenvalue weighted by molar-refractivity contribution is 0.688. The highest BCUT2D eigenvalue weighted by atomic mass is 32.2. The molecule has 1 saturated carbocycles. The van der Waals surface area contributed by atoms with Crippen LogP contribution in [-0.2, 0) is 0 Å². The predicted octanol–water partition coefficient (Wildman–Crippen LogP) is 3.48. The summed E-state index contributed by atoms with van der Waals surface area (Å²) < 4.78 is 0. The van der Waals surface area contributed by atoms with E-state index in [0.717, 1.165) is 21.8 Å². The number of nitrogens with one attached hydrogen (secondary N) is 1. The number of H-pyrrole nitrogens is 1. The number of thioether (sulfide) groups is 1. The van der Waals surface area contributed by atoms with Crippen molar-refractivity contribution in [1.82, 2.24) is 24.9 Å². The third-order valence-corrected chi connectivity index (χ3v) is 4.85. The van der Waals surface area contributed by atoms with Crippen molar-refractivity contribution in [2.24, 2.45) is 0 Å². The van der Waals surface area contributed by atoms with E-state index in [0.29, 0.717) is 11.6 Å². The molecule has 0 amide bonds. The Hall–Kier alpha value is -2.28. The minimum Gasteiger partial charge on any atom is -0.306 e. The molecular weight excluding hydrogens is 334 g/mol. The molecule has 0 atom stereocenters. The first-order valence-electron chi connectivity index (χ1n) is 8.34. The van der Waals surface area contributed by atoms with Gasteiger partial charge in [-0.25, -0.2) is 19.9 Å². The molecule has 0 unspecified atom stereocenters. The van der Waals surface area contributed by atoms with Crippen molar-refractivity contribution in [2.45, 2.75) is 43.7 Å². The zero-order valence-electron chi connectivity index (χ0n) is 14.4. The lowest BCUT2D eigenvalue weighted by atomic mass is 9.98. The van der Waals surface area contributed by atoms with Crippen molar-refractivity contribution in [3.05, 3.63) is 52.5 Å². The van der Waals surface area contributed by atoms with Gasteiger partial charge in [-0.2, -0.15) is 0 Å². The Balaban J connectivity index is 0.000000258. The lowest BCUT2D eigenvalue weighted by Gasteiger charge is -2.14. The molecule has 0 bridgehead atoms. The smallest absolute Gasteiger partial charge is 0.249 e. The molecule has 130 valence electrons. The zero-order chi connectivity index (χ0) is 17.6. The molecule has 3 aromatic heterocycles. The second-order valence-corrected chi connectivity index (χ2v) is 6.79. The number of aromatic amines is 1. The van der Waals surface area contributed by atoms with Crippen LogP contribution in [0.1, 0.15) is 42.9 Å². The molecule has 0 aliphatic heterocycles. The molecule has 0 spiro atoms. The van der Waals surface area contributed by atoms with Gasteiger partial charge in [-0.15, -0.1) is 0 Å². The van der Waals surface area contributed by atoms with Gasteiger partial charge < -0.3 is 4.98 Å². The van der Waals surface area contributed by atoms with E-state index in [4.69, 9.17) is 4.98 Å². The summed E-state index contributed by atoms with van der Waals surface area (Å²) in [6.07, 6.45) is 11.8. The lowest BCUT2D eigenvalue weighted by Crippen LogP contribution is -2.10. The number of rotatable bonds is 2. The summed E-state index contributed by atoms with van der Waals surface area (Å²) in [6, 6.07) is 3.42. The van der Waals surface area contributed by atoms with E-state index in [1.807, 2.05) is 13.2 Å². The van der Waals surface area contributed by atoms with Crippen LogP contribution in [0.2, 0.25) is 0 Å². The van der Waals surface area contributed by atoms with Crippen molar-refractivity contribution in [1.29, 1.82) is 0 Å². The van der Waals surface area contributed by atoms with Crippen molar-refractivity contribution >= 4 is 22.8 Å². The first kappa shape index (κ1) is 17.5. The summed E-state index contributed by atoms with van der Waals surface area (Å²) in [7, 11) is 0. The quantitative estimate of drug-likeness (QED) is 0.559. The summed E-state index contributed by atoms with van der Waals surface area (Å²) in [5.41, 5.74) is 2.70. The highest BCUT2D eigenvalue weighted by Gasteiger charge is 2.23. The highest BCUT2D eigenvalue weighted by molar-refractivity contribution is 7.98. The zero-order valence-corrected chi connectivity index (χ0v) is 15.2. The van der Waals surface area contributed by atoms with Gasteiger partial charge in [-0.05, 0) is 37.7 Å². The van der Waals surface area contributed by atoms with Gasteiger partial charge in [0.1, 0.15) is 12.0 Å². The van der Waals surface area contributed by atoms with Gasteiger partial charge in [0.05, 0.1) is 5.69 Å². The van der Waals surface area contributed by atoms with Crippen LogP contribution in [0.4, 0.5) is 0 Å². The Morgan fingerprint density at radius 3 is 2.44 bits per heavy atom. The number of fused-ring (bicyclic) bond motifs is 1. The normalized spacial score (nSPS) is 14.3. The van der Waals surface area contributed by atoms with E-state index in [-0.39, 0.29) is 5.56 Å². The van der Waals surface area contributed by atoms with Gasteiger partial charge in [0.2, 0.25) is 5.56 Å². The molecule has 7 heteroatoms. The standard InChI is InChI=1S/C14H17N3OS.C4H4N2/c1-8-7-10(18)15-13-11(8)12(9-5-3-4-6-9)16-14(17-13)19-2;1-2-5-4-6-3-1/h7,9H,3-6H2,1-2H3,(H,15,16,17,18);1-4H. The Morgan fingerprint density at radius 2 is 1.88 bits per heavy atom. The van der Waals surface area contributed by atoms with Gasteiger partial charge in [0.25, 0.3) is 0 Å². The Kier molecular flexibility index (Phi) is 5.75. The topological polar surface area (TPSA) is 84.4 Å². The fraction of sp³-hybridized carbons (Fsp3) is 0.389. The maximum Gasteiger partial charge on any atom is 0.249 e. The average Bonchev–Trinajstić information content (AvgIpc) is 3.17. The van der Waals surface area contributed by atoms with Crippen LogP contribution in [0, 0.1) is 6.92 Å². The highest BCUT2D eigenvalue weighted by Crippen LogP contribution is 2.37. The summed E-state index contributed by atoms with van der Waals surface area (Å²) in [4.78, 5) is 31.0. The number of nitrogens with zero attached hydrogens (tertiary/aromatic N) is 4. The largest absolute Gasteiger partial charge is 0.306 e. The minimum absolute atomic E-state index is 0.0897. The van der Waals surface area contributed by atoms with E-state index in [2.05, 4.69) is 19.9 Å². The Labute approximate surface area is 150 Å². The molecule has 0 saturated heterocycles. The molecule has 6 nitrogen and oxygen atoms in total. The van der Waals surface area contributed by atoms with Crippen LogP contribution in [0.15, 0.2) is 40.8 Å². The van der Waals surface area contributed by atoms with E-state index < -0.39 is 0 Å². The van der Waals surface area contributed by atoms with E-state index in [9.17, 15) is 4.79 Å². The third kappa shape index (κ3) is 4.22. The molecule has 4 rings (SSSR count). The van der Waals surface area contributed by atoms with E-state index in [1.165, 1.54) is 43.8 Å². The first-order valence-corrected chi connectivity index (χ1v) is 9.57. The van der Waals surface area contributed by atoms with Crippen molar-refractivity contribution in [3.63, 3.8) is 0 Å². The maximum atomic E-state index is 11.6. The van der Waals surface area contributed by atoms with Crippen molar-refractivity contribution < 1.29 is 0 Å². The summed E-state index contributed by atoms with van der Waals surface area (Å²) in [5.74, 6) is 0.515. The van der Waals surface area contributed by atoms with E-state index >= 15 is 0 Å². The molecule has 3 heterocycles. The average molecular weight is 355 g/mol. The number of aromatic nitrogens is 5. The number of aryl methyl sites for hydroxylation is 1. The third-order valence-electron chi connectivity index (χ3n) is 4.30. The molecule has 1 aliphatic rings. The summed E-state index contributed by atoms with van der Waals surface area (Å²) in [5, 5.41) is 1.79. The Bertz CT molecular complexity index is 864. The first-order chi connectivity index (χ1) is 12.2. The molecule has 1 N–H and O–H groups in total. The molecule has 25 heavy (non-hydrogen) atoms. The monoisotopic (exact) mass is 355 g/mol. The molecule has 0 aromatic carbocycles. The number of pyridine rings is 1. The molecular formula is C18H21N5OS. The minimum atomic E-state index is -0.0897. The van der Waals surface area contributed by atoms with Crippen LogP contribution in [0.5, 0.6) is 0 Å². The fourth-order valence-electron chi connectivity index (χ4n) is 3.20. The van der Waals surface area contributed by atoms with Gasteiger partial charge in [0.15, 0.2) is 5.16 Å². The van der Waals surface area contributed by atoms with Gasteiger partial charge in [0, 0.05) is 29.8 Å². The maximum absolute atomic E-state index is 11.6. The van der Waals surface area contributed by atoms with Crippen LogP contribution in [0.3, 0.4) is 0 Å². The van der Waals surface area contributed by atoms with Crippen LogP contribution in [-0.4, -0.2) is 31.2 Å².